The summed E-state index contributed by atoms with van der Waals surface area (Å²) in [6.07, 6.45) is -1.36. The van der Waals surface area contributed by atoms with Gasteiger partial charge in [0.2, 0.25) is 5.78 Å². The molecule has 1 aliphatic heterocycles. The first-order chi connectivity index (χ1) is 7.12. The molecule has 1 amide bonds. The Balaban J connectivity index is 0.00000256. The Morgan fingerprint density at radius 1 is 1.41 bits per heavy atom. The average Bonchev–Trinajstić information content (AvgIpc) is 2.06. The first kappa shape index (κ1) is 15.8. The molecule has 1 saturated heterocycles. The van der Waals surface area contributed by atoms with E-state index in [0.717, 1.165) is 4.90 Å². The van der Waals surface area contributed by atoms with Gasteiger partial charge in [0.1, 0.15) is 5.60 Å². The lowest BCUT2D eigenvalue weighted by atomic mass is 10.1. The molecular formula is C10H17F2NO4. The highest BCUT2D eigenvalue weighted by molar-refractivity contribution is 5.90. The van der Waals surface area contributed by atoms with Gasteiger partial charge >= 0.3 is 12.0 Å². The van der Waals surface area contributed by atoms with Gasteiger partial charge in [-0.15, -0.1) is 0 Å². The van der Waals surface area contributed by atoms with E-state index in [4.69, 9.17) is 4.74 Å². The normalized spacial score (nSPS) is 19.6. The number of halogens is 2. The minimum absolute atomic E-state index is 0. The van der Waals surface area contributed by atoms with Gasteiger partial charge in [-0.05, 0) is 20.8 Å². The molecule has 1 heterocycles. The van der Waals surface area contributed by atoms with E-state index in [1.54, 1.807) is 20.8 Å². The third-order valence-electron chi connectivity index (χ3n) is 2.09. The third-order valence-corrected chi connectivity index (χ3v) is 2.09. The van der Waals surface area contributed by atoms with Gasteiger partial charge in [0.05, 0.1) is 6.54 Å². The molecule has 0 aromatic heterocycles. The molecule has 1 aliphatic rings. The molecule has 0 aromatic carbocycles. The summed E-state index contributed by atoms with van der Waals surface area (Å²) in [4.78, 5) is 23.5. The number of nitrogens with zero attached hydrogens (tertiary/aromatic N) is 1. The number of hydrogen-bond donors (Lipinski definition) is 0. The Morgan fingerprint density at radius 2 is 1.94 bits per heavy atom. The van der Waals surface area contributed by atoms with Gasteiger partial charge in [-0.25, -0.2) is 4.79 Å². The number of Topliss-reactive ketones (excluding diaryl/α,β-unsaturated/α-hetero) is 1. The van der Waals surface area contributed by atoms with Crippen LogP contribution in [0.2, 0.25) is 0 Å². The molecule has 0 aliphatic carbocycles. The number of alkyl halides is 2. The maximum Gasteiger partial charge on any atom is 0.410 e. The fourth-order valence-electron chi connectivity index (χ4n) is 1.27. The molecule has 5 nitrogen and oxygen atoms in total. The number of carbonyl (C=O) groups is 2. The zero-order valence-electron chi connectivity index (χ0n) is 10.0. The van der Waals surface area contributed by atoms with Gasteiger partial charge in [0.25, 0.3) is 0 Å². The van der Waals surface area contributed by atoms with Crippen LogP contribution < -0.4 is 0 Å². The van der Waals surface area contributed by atoms with E-state index in [-0.39, 0.29) is 12.0 Å². The predicted octanol–water partition coefficient (Wildman–Crippen LogP) is 1.01. The second-order valence-corrected chi connectivity index (χ2v) is 4.78. The molecular weight excluding hydrogens is 236 g/mol. The van der Waals surface area contributed by atoms with Crippen molar-refractivity contribution >= 4 is 11.9 Å². The monoisotopic (exact) mass is 253 g/mol. The molecule has 0 atom stereocenters. The smallest absolute Gasteiger partial charge is 0.410 e. The summed E-state index contributed by atoms with van der Waals surface area (Å²) >= 11 is 0. The van der Waals surface area contributed by atoms with Crippen molar-refractivity contribution in [2.75, 3.05) is 13.1 Å². The SMILES string of the molecule is CC(C)(C)OC(=O)N1CCC(F)(F)C(=O)C1.O. The quantitative estimate of drug-likeness (QED) is 0.646. The molecule has 0 aromatic rings. The van der Waals surface area contributed by atoms with Gasteiger partial charge in [-0.3, -0.25) is 4.79 Å². The van der Waals surface area contributed by atoms with Crippen LogP contribution >= 0.6 is 0 Å². The Morgan fingerprint density at radius 3 is 2.35 bits per heavy atom. The van der Waals surface area contributed by atoms with Gasteiger partial charge in [0.15, 0.2) is 0 Å². The Kier molecular flexibility index (Phi) is 4.59. The van der Waals surface area contributed by atoms with Gasteiger partial charge < -0.3 is 15.1 Å². The van der Waals surface area contributed by atoms with Crippen LogP contribution in [0.1, 0.15) is 27.2 Å². The molecule has 0 radical (unpaired) electrons. The summed E-state index contributed by atoms with van der Waals surface area (Å²) in [5.41, 5.74) is -0.694. The standard InChI is InChI=1S/C10H15F2NO3.H2O/c1-9(2,3)16-8(15)13-5-4-10(11,12)7(14)6-13;/h4-6H2,1-3H3;1H2. The van der Waals surface area contributed by atoms with E-state index in [1.165, 1.54) is 0 Å². The number of likely N-dealkylation sites (tertiary alicyclic amines) is 1. The van der Waals surface area contributed by atoms with E-state index in [9.17, 15) is 18.4 Å². The summed E-state index contributed by atoms with van der Waals surface area (Å²) in [5, 5.41) is 0. The van der Waals surface area contributed by atoms with Crippen molar-refractivity contribution in [2.45, 2.75) is 38.7 Å². The van der Waals surface area contributed by atoms with Crippen molar-refractivity contribution in [3.63, 3.8) is 0 Å². The zero-order valence-corrected chi connectivity index (χ0v) is 10.0. The number of ether oxygens (including phenoxy) is 1. The van der Waals surface area contributed by atoms with Gasteiger partial charge in [0, 0.05) is 13.0 Å². The van der Waals surface area contributed by atoms with Crippen molar-refractivity contribution in [1.82, 2.24) is 4.90 Å². The largest absolute Gasteiger partial charge is 0.444 e. The van der Waals surface area contributed by atoms with Gasteiger partial charge in [-0.1, -0.05) is 0 Å². The third kappa shape index (κ3) is 4.26. The number of hydrogen-bond acceptors (Lipinski definition) is 3. The fourth-order valence-corrected chi connectivity index (χ4v) is 1.27. The Hall–Kier alpha value is -1.24. The maximum atomic E-state index is 12.8. The summed E-state index contributed by atoms with van der Waals surface area (Å²) in [6.45, 7) is 4.28. The highest BCUT2D eigenvalue weighted by atomic mass is 19.3. The van der Waals surface area contributed by atoms with Crippen molar-refractivity contribution in [3.05, 3.63) is 0 Å². The first-order valence-electron chi connectivity index (χ1n) is 5.01. The number of carbonyl (C=O) groups excluding carboxylic acids is 2. The van der Waals surface area contributed by atoms with Crippen LogP contribution in [0.5, 0.6) is 0 Å². The molecule has 0 spiro atoms. The van der Waals surface area contributed by atoms with Crippen LogP contribution in [0.4, 0.5) is 13.6 Å². The van der Waals surface area contributed by atoms with Crippen LogP contribution in [0.3, 0.4) is 0 Å². The van der Waals surface area contributed by atoms with Crippen LogP contribution in [-0.4, -0.2) is 46.9 Å². The van der Waals surface area contributed by atoms with E-state index < -0.39 is 36.4 Å². The van der Waals surface area contributed by atoms with E-state index in [1.807, 2.05) is 0 Å². The molecule has 17 heavy (non-hydrogen) atoms. The lowest BCUT2D eigenvalue weighted by molar-refractivity contribution is -0.150. The van der Waals surface area contributed by atoms with Crippen molar-refractivity contribution in [2.24, 2.45) is 0 Å². The average molecular weight is 253 g/mol. The molecule has 1 rings (SSSR count). The van der Waals surface area contributed by atoms with Crippen LogP contribution in [0.15, 0.2) is 0 Å². The van der Waals surface area contributed by atoms with E-state index in [2.05, 4.69) is 0 Å². The summed E-state index contributed by atoms with van der Waals surface area (Å²) in [6, 6.07) is 0. The Labute approximate surface area is 98.0 Å². The van der Waals surface area contributed by atoms with Gasteiger partial charge in [-0.2, -0.15) is 8.78 Å². The van der Waals surface area contributed by atoms with E-state index in [0.29, 0.717) is 0 Å². The lowest BCUT2D eigenvalue weighted by Gasteiger charge is -2.32. The molecule has 100 valence electrons. The topological polar surface area (TPSA) is 78.1 Å². The highest BCUT2D eigenvalue weighted by Gasteiger charge is 2.44. The Bertz CT molecular complexity index is 312. The predicted molar refractivity (Wildman–Crippen MR) is 56.0 cm³/mol. The van der Waals surface area contributed by atoms with Crippen LogP contribution in [0.25, 0.3) is 0 Å². The van der Waals surface area contributed by atoms with Crippen molar-refractivity contribution in [1.29, 1.82) is 0 Å². The first-order valence-corrected chi connectivity index (χ1v) is 5.01. The zero-order chi connectivity index (χ0) is 12.6. The van der Waals surface area contributed by atoms with Crippen molar-refractivity contribution < 1.29 is 28.6 Å². The number of rotatable bonds is 0. The molecule has 0 saturated carbocycles. The molecule has 0 bridgehead atoms. The maximum absolute atomic E-state index is 12.8. The van der Waals surface area contributed by atoms with Crippen molar-refractivity contribution in [3.8, 4) is 0 Å². The second-order valence-electron chi connectivity index (χ2n) is 4.78. The number of amides is 1. The fraction of sp³-hybridized carbons (Fsp3) is 0.800. The van der Waals surface area contributed by atoms with E-state index >= 15 is 0 Å². The number of piperidine rings is 1. The molecule has 2 N–H and O–H groups in total. The summed E-state index contributed by atoms with van der Waals surface area (Å²) < 4.78 is 30.7. The second kappa shape index (κ2) is 4.95. The summed E-state index contributed by atoms with van der Waals surface area (Å²) in [5.74, 6) is -4.54. The summed E-state index contributed by atoms with van der Waals surface area (Å²) in [7, 11) is 0. The molecule has 1 fully saturated rings. The van der Waals surface area contributed by atoms with Crippen LogP contribution in [-0.2, 0) is 9.53 Å². The molecule has 7 heteroatoms. The minimum atomic E-state index is -3.31. The minimum Gasteiger partial charge on any atom is -0.444 e. The highest BCUT2D eigenvalue weighted by Crippen LogP contribution is 2.25. The number of ketones is 1. The van der Waals surface area contributed by atoms with Crippen LogP contribution in [0, 0.1) is 0 Å². The lowest BCUT2D eigenvalue weighted by Crippen LogP contribution is -2.50. The molecule has 0 unspecified atom stereocenters.